The minimum absolute atomic E-state index is 0.00597. The summed E-state index contributed by atoms with van der Waals surface area (Å²) in [6, 6.07) is 1.98. The van der Waals surface area contributed by atoms with E-state index in [1.165, 1.54) is 0 Å². The number of rotatable bonds is 5. The number of pyridine rings is 1. The van der Waals surface area contributed by atoms with Gasteiger partial charge in [0.05, 0.1) is 11.3 Å². The Bertz CT molecular complexity index is 596. The van der Waals surface area contributed by atoms with Crippen LogP contribution in [0.5, 0.6) is 5.88 Å². The summed E-state index contributed by atoms with van der Waals surface area (Å²) in [7, 11) is -3.27. The van der Waals surface area contributed by atoms with Crippen molar-refractivity contribution in [1.82, 2.24) is 10.3 Å². The summed E-state index contributed by atoms with van der Waals surface area (Å²) >= 11 is 0. The van der Waals surface area contributed by atoms with Crippen LogP contribution in [-0.4, -0.2) is 44.6 Å². The smallest absolute Gasteiger partial charge is 0.417 e. The van der Waals surface area contributed by atoms with Crippen molar-refractivity contribution in [3.63, 3.8) is 0 Å². The van der Waals surface area contributed by atoms with Gasteiger partial charge in [-0.05, 0) is 19.0 Å². The van der Waals surface area contributed by atoms with E-state index in [0.717, 1.165) is 31.4 Å². The molecule has 5 nitrogen and oxygen atoms in total. The van der Waals surface area contributed by atoms with E-state index < -0.39 is 27.7 Å². The van der Waals surface area contributed by atoms with Crippen LogP contribution in [0.1, 0.15) is 12.0 Å². The van der Waals surface area contributed by atoms with Crippen LogP contribution in [0.3, 0.4) is 0 Å². The number of aromatic nitrogens is 1. The number of halogens is 3. The fourth-order valence-electron chi connectivity index (χ4n) is 2.33. The predicted molar refractivity (Wildman–Crippen MR) is 74.3 cm³/mol. The lowest BCUT2D eigenvalue weighted by Crippen LogP contribution is -2.35. The lowest BCUT2D eigenvalue weighted by molar-refractivity contribution is -0.137. The molecule has 1 fully saturated rings. The summed E-state index contributed by atoms with van der Waals surface area (Å²) in [4.78, 5) is 3.63. The van der Waals surface area contributed by atoms with Crippen LogP contribution < -0.4 is 10.1 Å². The van der Waals surface area contributed by atoms with Gasteiger partial charge in [-0.25, -0.2) is 13.4 Å². The van der Waals surface area contributed by atoms with Gasteiger partial charge in [0.15, 0.2) is 9.84 Å². The Balaban J connectivity index is 2.12. The number of nitrogens with zero attached hydrogens (tertiary/aromatic N) is 1. The molecule has 2 atom stereocenters. The van der Waals surface area contributed by atoms with Crippen LogP contribution in [-0.2, 0) is 16.0 Å². The first-order valence-electron chi connectivity index (χ1n) is 6.73. The van der Waals surface area contributed by atoms with Crippen LogP contribution >= 0.6 is 0 Å². The molecular weight excluding hydrogens is 321 g/mol. The van der Waals surface area contributed by atoms with Gasteiger partial charge in [-0.15, -0.1) is 0 Å². The predicted octanol–water partition coefficient (Wildman–Crippen LogP) is 1.50. The Morgan fingerprint density at radius 2 is 2.18 bits per heavy atom. The van der Waals surface area contributed by atoms with Crippen molar-refractivity contribution in [2.24, 2.45) is 5.92 Å². The SMILES string of the molecule is CS(=O)(=O)C[C@@H](Oc1ccc(C(F)(F)F)cn1)[C@H]1CCNC1. The van der Waals surface area contributed by atoms with Gasteiger partial charge < -0.3 is 10.1 Å². The Labute approximate surface area is 126 Å². The Morgan fingerprint density at radius 1 is 1.45 bits per heavy atom. The quantitative estimate of drug-likeness (QED) is 0.881. The van der Waals surface area contributed by atoms with Crippen molar-refractivity contribution < 1.29 is 26.3 Å². The number of hydrogen-bond acceptors (Lipinski definition) is 5. The van der Waals surface area contributed by atoms with E-state index in [1.807, 2.05) is 0 Å². The lowest BCUT2D eigenvalue weighted by atomic mass is 10.0. The summed E-state index contributed by atoms with van der Waals surface area (Å²) in [6.45, 7) is 1.37. The average Bonchev–Trinajstić information content (AvgIpc) is 2.89. The van der Waals surface area contributed by atoms with Gasteiger partial charge in [0.2, 0.25) is 5.88 Å². The molecule has 0 bridgehead atoms. The summed E-state index contributed by atoms with van der Waals surface area (Å²) in [5.74, 6) is -0.213. The van der Waals surface area contributed by atoms with E-state index >= 15 is 0 Å². The highest BCUT2D eigenvalue weighted by molar-refractivity contribution is 7.90. The topological polar surface area (TPSA) is 68.3 Å². The average molecular weight is 338 g/mol. The van der Waals surface area contributed by atoms with Gasteiger partial charge in [0.1, 0.15) is 6.10 Å². The van der Waals surface area contributed by atoms with Crippen LogP contribution in [0.4, 0.5) is 13.2 Å². The molecule has 1 aromatic rings. The molecule has 0 saturated carbocycles. The Kier molecular flexibility index (Phi) is 4.96. The number of hydrogen-bond donors (Lipinski definition) is 1. The molecule has 124 valence electrons. The highest BCUT2D eigenvalue weighted by atomic mass is 32.2. The monoisotopic (exact) mass is 338 g/mol. The molecule has 1 aliphatic rings. The number of nitrogens with one attached hydrogen (secondary N) is 1. The van der Waals surface area contributed by atoms with E-state index in [0.29, 0.717) is 12.7 Å². The van der Waals surface area contributed by atoms with E-state index in [2.05, 4.69) is 10.3 Å². The normalized spacial score (nSPS) is 20.8. The maximum atomic E-state index is 12.5. The van der Waals surface area contributed by atoms with Crippen molar-refractivity contribution in [2.75, 3.05) is 25.1 Å². The molecule has 22 heavy (non-hydrogen) atoms. The van der Waals surface area contributed by atoms with Crippen molar-refractivity contribution in [3.8, 4) is 5.88 Å². The third kappa shape index (κ3) is 4.84. The molecule has 2 heterocycles. The molecule has 0 radical (unpaired) electrons. The second-order valence-corrected chi connectivity index (χ2v) is 7.57. The van der Waals surface area contributed by atoms with Gasteiger partial charge in [-0.3, -0.25) is 0 Å². The minimum atomic E-state index is -4.47. The van der Waals surface area contributed by atoms with Gasteiger partial charge in [-0.2, -0.15) is 13.2 Å². The molecule has 1 saturated heterocycles. The number of sulfone groups is 1. The van der Waals surface area contributed by atoms with Crippen LogP contribution in [0.25, 0.3) is 0 Å². The van der Waals surface area contributed by atoms with Crippen molar-refractivity contribution in [1.29, 1.82) is 0 Å². The minimum Gasteiger partial charge on any atom is -0.473 e. The van der Waals surface area contributed by atoms with Crippen LogP contribution in [0.2, 0.25) is 0 Å². The van der Waals surface area contributed by atoms with Gasteiger partial charge >= 0.3 is 6.18 Å². The number of alkyl halides is 3. The maximum absolute atomic E-state index is 12.5. The molecule has 9 heteroatoms. The fraction of sp³-hybridized carbons (Fsp3) is 0.615. The fourth-order valence-corrected chi connectivity index (χ4v) is 3.27. The molecule has 1 aliphatic heterocycles. The van der Waals surface area contributed by atoms with Crippen molar-refractivity contribution >= 4 is 9.84 Å². The maximum Gasteiger partial charge on any atom is 0.417 e. The van der Waals surface area contributed by atoms with Gasteiger partial charge in [0.25, 0.3) is 0 Å². The molecule has 1 aromatic heterocycles. The second-order valence-electron chi connectivity index (χ2n) is 5.38. The van der Waals surface area contributed by atoms with E-state index in [4.69, 9.17) is 4.74 Å². The zero-order valence-electron chi connectivity index (χ0n) is 11.9. The van der Waals surface area contributed by atoms with Crippen molar-refractivity contribution in [3.05, 3.63) is 23.9 Å². The summed E-state index contributed by atoms with van der Waals surface area (Å²) < 4.78 is 66.0. The highest BCUT2D eigenvalue weighted by Crippen LogP contribution is 2.29. The van der Waals surface area contributed by atoms with E-state index in [9.17, 15) is 21.6 Å². The molecular formula is C13H17F3N2O3S. The standard InChI is InChI=1S/C13H17F3N2O3S/c1-22(19,20)8-11(9-4-5-17-6-9)21-12-3-2-10(7-18-12)13(14,15)16/h2-3,7,9,11,17H,4-6,8H2,1H3/t9-,11+/m0/s1. The third-order valence-corrected chi connectivity index (χ3v) is 4.36. The summed E-state index contributed by atoms with van der Waals surface area (Å²) in [5.41, 5.74) is -0.873. The number of ether oxygens (including phenoxy) is 1. The first-order valence-corrected chi connectivity index (χ1v) is 8.79. The zero-order chi connectivity index (χ0) is 16.4. The van der Waals surface area contributed by atoms with Gasteiger partial charge in [-0.1, -0.05) is 0 Å². The van der Waals surface area contributed by atoms with Crippen LogP contribution in [0, 0.1) is 5.92 Å². The molecule has 1 N–H and O–H groups in total. The zero-order valence-corrected chi connectivity index (χ0v) is 12.7. The Hall–Kier alpha value is -1.35. The highest BCUT2D eigenvalue weighted by Gasteiger charge is 2.32. The molecule has 0 spiro atoms. The summed E-state index contributed by atoms with van der Waals surface area (Å²) in [5, 5.41) is 3.11. The molecule has 2 rings (SSSR count). The molecule has 0 unspecified atom stereocenters. The third-order valence-electron chi connectivity index (χ3n) is 3.43. The van der Waals surface area contributed by atoms with E-state index in [1.54, 1.807) is 0 Å². The second kappa shape index (κ2) is 6.41. The molecule has 0 aromatic carbocycles. The van der Waals surface area contributed by atoms with Crippen molar-refractivity contribution in [2.45, 2.75) is 18.7 Å². The van der Waals surface area contributed by atoms with E-state index in [-0.39, 0.29) is 17.6 Å². The lowest BCUT2D eigenvalue weighted by Gasteiger charge is -2.23. The largest absolute Gasteiger partial charge is 0.473 e. The molecule has 0 amide bonds. The first-order chi connectivity index (χ1) is 10.1. The Morgan fingerprint density at radius 3 is 2.64 bits per heavy atom. The summed E-state index contributed by atoms with van der Waals surface area (Å²) in [6.07, 6.45) is -2.56. The van der Waals surface area contributed by atoms with Gasteiger partial charge in [0, 0.05) is 31.0 Å². The molecule has 0 aliphatic carbocycles. The van der Waals surface area contributed by atoms with Crippen LogP contribution in [0.15, 0.2) is 18.3 Å². The first kappa shape index (κ1) is 17.0.